The number of hydrogen-bond acceptors (Lipinski definition) is 5. The fourth-order valence-electron chi connectivity index (χ4n) is 1.66. The van der Waals surface area contributed by atoms with Gasteiger partial charge in [0.05, 0.1) is 11.9 Å². The molecule has 1 atom stereocenters. The van der Waals surface area contributed by atoms with E-state index in [1.54, 1.807) is 6.20 Å². The van der Waals surface area contributed by atoms with E-state index in [9.17, 15) is 0 Å². The third-order valence-electron chi connectivity index (χ3n) is 2.86. The van der Waals surface area contributed by atoms with Gasteiger partial charge in [0.25, 0.3) is 0 Å². The summed E-state index contributed by atoms with van der Waals surface area (Å²) in [6, 6.07) is 0.312. The summed E-state index contributed by atoms with van der Waals surface area (Å²) in [5.74, 6) is 1.61. The first-order valence-corrected chi connectivity index (χ1v) is 6.61. The monoisotopic (exact) mass is 263 g/mol. The van der Waals surface area contributed by atoms with Crippen molar-refractivity contribution in [3.63, 3.8) is 0 Å². The van der Waals surface area contributed by atoms with Crippen molar-refractivity contribution in [2.75, 3.05) is 5.32 Å². The molecule has 6 heteroatoms. The minimum Gasteiger partial charge on any atom is -0.371 e. The molecule has 0 amide bonds. The summed E-state index contributed by atoms with van der Waals surface area (Å²) in [6.07, 6.45) is 3.77. The summed E-state index contributed by atoms with van der Waals surface area (Å²) in [6.45, 7) is 10.3. The zero-order valence-electron chi connectivity index (χ0n) is 12.1. The fraction of sp³-hybridized carbons (Fsp3) is 0.615. The Kier molecular flexibility index (Phi) is 3.87. The van der Waals surface area contributed by atoms with E-state index in [-0.39, 0.29) is 12.0 Å². The average molecular weight is 263 g/mol. The Morgan fingerprint density at radius 1 is 1.21 bits per heavy atom. The highest BCUT2D eigenvalue weighted by atomic mass is 16.5. The molecule has 19 heavy (non-hydrogen) atoms. The molecule has 0 spiro atoms. The second-order valence-electron chi connectivity index (χ2n) is 5.31. The van der Waals surface area contributed by atoms with E-state index in [0.29, 0.717) is 11.9 Å². The average Bonchev–Trinajstić information content (AvgIpc) is 2.96. The van der Waals surface area contributed by atoms with Crippen LogP contribution in [0.25, 0.3) is 0 Å². The molecule has 0 aliphatic heterocycles. The Morgan fingerprint density at radius 2 is 1.95 bits per heavy atom. The van der Waals surface area contributed by atoms with E-state index in [1.165, 1.54) is 0 Å². The minimum atomic E-state index is -0.0372. The van der Waals surface area contributed by atoms with Crippen LogP contribution in [0, 0.1) is 0 Å². The van der Waals surface area contributed by atoms with Crippen molar-refractivity contribution >= 4 is 5.69 Å². The van der Waals surface area contributed by atoms with Crippen molar-refractivity contribution in [2.45, 2.75) is 52.6 Å². The molecule has 0 aliphatic carbocycles. The quantitative estimate of drug-likeness (QED) is 0.897. The van der Waals surface area contributed by atoms with E-state index in [2.05, 4.69) is 34.4 Å². The summed E-state index contributed by atoms with van der Waals surface area (Å²) in [4.78, 5) is 4.38. The summed E-state index contributed by atoms with van der Waals surface area (Å²) in [5, 5.41) is 11.6. The zero-order valence-corrected chi connectivity index (χ0v) is 12.1. The third kappa shape index (κ3) is 3.13. The van der Waals surface area contributed by atoms with Gasteiger partial charge in [0.2, 0.25) is 5.89 Å². The van der Waals surface area contributed by atoms with Gasteiger partial charge in [0.15, 0.2) is 5.82 Å². The number of rotatable bonds is 5. The molecule has 0 saturated heterocycles. The number of hydrogen-bond donors (Lipinski definition) is 1. The second-order valence-corrected chi connectivity index (χ2v) is 5.31. The highest BCUT2D eigenvalue weighted by Crippen LogP contribution is 2.20. The lowest BCUT2D eigenvalue weighted by molar-refractivity contribution is 0.361. The predicted molar refractivity (Wildman–Crippen MR) is 73.0 cm³/mol. The first kappa shape index (κ1) is 13.6. The molecule has 0 aliphatic rings. The van der Waals surface area contributed by atoms with E-state index in [4.69, 9.17) is 4.52 Å². The molecule has 104 valence electrons. The molecule has 6 nitrogen and oxygen atoms in total. The first-order chi connectivity index (χ1) is 8.97. The molecule has 2 aromatic heterocycles. The van der Waals surface area contributed by atoms with E-state index >= 15 is 0 Å². The van der Waals surface area contributed by atoms with Gasteiger partial charge in [-0.3, -0.25) is 4.68 Å². The van der Waals surface area contributed by atoms with Crippen LogP contribution >= 0.6 is 0 Å². The number of anilines is 1. The fourth-order valence-corrected chi connectivity index (χ4v) is 1.66. The van der Waals surface area contributed by atoms with Gasteiger partial charge in [-0.25, -0.2) is 0 Å². The first-order valence-electron chi connectivity index (χ1n) is 6.61. The molecule has 2 aromatic rings. The predicted octanol–water partition coefficient (Wildman–Crippen LogP) is 3.14. The van der Waals surface area contributed by atoms with Gasteiger partial charge >= 0.3 is 0 Å². The van der Waals surface area contributed by atoms with Crippen molar-refractivity contribution < 1.29 is 4.52 Å². The smallest absolute Gasteiger partial charge is 0.248 e. The molecule has 0 radical (unpaired) electrons. The Balaban J connectivity index is 2.04. The summed E-state index contributed by atoms with van der Waals surface area (Å²) in [7, 11) is 0. The van der Waals surface area contributed by atoms with E-state index in [1.807, 2.05) is 31.6 Å². The highest BCUT2D eigenvalue weighted by molar-refractivity contribution is 5.39. The van der Waals surface area contributed by atoms with Gasteiger partial charge < -0.3 is 9.84 Å². The lowest BCUT2D eigenvalue weighted by atomic mass is 10.2. The van der Waals surface area contributed by atoms with Gasteiger partial charge in [-0.05, 0) is 20.8 Å². The van der Waals surface area contributed by atoms with Crippen LogP contribution in [0.5, 0.6) is 0 Å². The Bertz CT molecular complexity index is 529. The standard InChI is InChI=1S/C13H21N5O/c1-8(2)12-16-13(19-17-12)10(5)15-11-6-14-18(7-11)9(3)4/h6-10,15H,1-5H3. The Labute approximate surface area is 113 Å². The molecular formula is C13H21N5O. The van der Waals surface area contributed by atoms with Crippen LogP contribution in [0.15, 0.2) is 16.9 Å². The second kappa shape index (κ2) is 5.42. The van der Waals surface area contributed by atoms with Crippen molar-refractivity contribution in [1.29, 1.82) is 0 Å². The molecule has 1 unspecified atom stereocenters. The topological polar surface area (TPSA) is 68.8 Å². The van der Waals surface area contributed by atoms with Crippen LogP contribution in [-0.2, 0) is 0 Å². The Morgan fingerprint density at radius 3 is 2.47 bits per heavy atom. The van der Waals surface area contributed by atoms with Crippen molar-refractivity contribution in [3.8, 4) is 0 Å². The molecule has 2 rings (SSSR count). The van der Waals surface area contributed by atoms with E-state index < -0.39 is 0 Å². The number of nitrogens with zero attached hydrogens (tertiary/aromatic N) is 4. The molecule has 2 heterocycles. The molecule has 0 aromatic carbocycles. The van der Waals surface area contributed by atoms with Gasteiger partial charge in [-0.2, -0.15) is 10.1 Å². The summed E-state index contributed by atoms with van der Waals surface area (Å²) >= 11 is 0. The SMILES string of the molecule is CC(C)c1noc(C(C)Nc2cnn(C(C)C)c2)n1. The van der Waals surface area contributed by atoms with Gasteiger partial charge in [-0.15, -0.1) is 0 Å². The third-order valence-corrected chi connectivity index (χ3v) is 2.86. The van der Waals surface area contributed by atoms with Crippen molar-refractivity contribution in [3.05, 3.63) is 24.1 Å². The molecule has 0 fully saturated rings. The largest absolute Gasteiger partial charge is 0.371 e. The van der Waals surface area contributed by atoms with Crippen LogP contribution in [0.4, 0.5) is 5.69 Å². The van der Waals surface area contributed by atoms with Gasteiger partial charge in [0, 0.05) is 18.2 Å². The van der Waals surface area contributed by atoms with Crippen molar-refractivity contribution in [1.82, 2.24) is 19.9 Å². The van der Waals surface area contributed by atoms with Gasteiger partial charge in [0.1, 0.15) is 6.04 Å². The maximum atomic E-state index is 5.26. The lowest BCUT2D eigenvalue weighted by Gasteiger charge is -2.08. The Hall–Kier alpha value is -1.85. The molecule has 1 N–H and O–H groups in total. The highest BCUT2D eigenvalue weighted by Gasteiger charge is 2.16. The summed E-state index contributed by atoms with van der Waals surface area (Å²) in [5.41, 5.74) is 0.950. The van der Waals surface area contributed by atoms with E-state index in [0.717, 1.165) is 11.5 Å². The van der Waals surface area contributed by atoms with Gasteiger partial charge in [-0.1, -0.05) is 19.0 Å². The molecular weight excluding hydrogens is 242 g/mol. The number of nitrogens with one attached hydrogen (secondary N) is 1. The van der Waals surface area contributed by atoms with Crippen LogP contribution < -0.4 is 5.32 Å². The zero-order chi connectivity index (χ0) is 14.0. The normalized spacial score (nSPS) is 13.2. The number of aromatic nitrogens is 4. The lowest BCUT2D eigenvalue weighted by Crippen LogP contribution is -2.07. The van der Waals surface area contributed by atoms with Crippen molar-refractivity contribution in [2.24, 2.45) is 0 Å². The van der Waals surface area contributed by atoms with Crippen LogP contribution in [-0.4, -0.2) is 19.9 Å². The van der Waals surface area contributed by atoms with Crippen LogP contribution in [0.1, 0.15) is 64.3 Å². The van der Waals surface area contributed by atoms with Crippen LogP contribution in [0.2, 0.25) is 0 Å². The maximum Gasteiger partial charge on any atom is 0.248 e. The minimum absolute atomic E-state index is 0.0372. The molecule has 0 bridgehead atoms. The molecule has 0 saturated carbocycles. The summed E-state index contributed by atoms with van der Waals surface area (Å²) < 4.78 is 7.17. The maximum absolute atomic E-state index is 5.26. The van der Waals surface area contributed by atoms with Crippen LogP contribution in [0.3, 0.4) is 0 Å².